The third-order valence-electron chi connectivity index (χ3n) is 3.77. The van der Waals surface area contributed by atoms with Gasteiger partial charge in [-0.1, -0.05) is 12.1 Å². The van der Waals surface area contributed by atoms with Gasteiger partial charge in [-0.05, 0) is 32.0 Å². The zero-order chi connectivity index (χ0) is 12.9. The number of fused-ring (bicyclic) bond motifs is 1. The van der Waals surface area contributed by atoms with E-state index in [4.69, 9.17) is 9.47 Å². The van der Waals surface area contributed by atoms with Crippen LogP contribution in [0.15, 0.2) is 18.2 Å². The van der Waals surface area contributed by atoms with Crippen LogP contribution in [-0.4, -0.2) is 44.3 Å². The van der Waals surface area contributed by atoms with E-state index in [1.807, 2.05) is 12.1 Å². The summed E-state index contributed by atoms with van der Waals surface area (Å²) in [5.41, 5.74) is 1.19. The van der Waals surface area contributed by atoms with Crippen LogP contribution in [0.25, 0.3) is 0 Å². The molecule has 4 heteroatoms. The standard InChI is InChI=1S/C15H22N2O2/c1-2-8-17(7-1)9-6-16-12-13-4-3-5-14-15(13)19-11-10-18-14/h3-5,16H,1-2,6-12H2. The molecule has 0 aromatic heterocycles. The number of nitrogens with one attached hydrogen (secondary N) is 1. The van der Waals surface area contributed by atoms with Crippen molar-refractivity contribution in [2.45, 2.75) is 19.4 Å². The lowest BCUT2D eigenvalue weighted by Gasteiger charge is -2.21. The lowest BCUT2D eigenvalue weighted by Crippen LogP contribution is -2.30. The molecule has 0 amide bonds. The molecule has 0 unspecified atom stereocenters. The third kappa shape index (κ3) is 3.19. The Balaban J connectivity index is 1.49. The van der Waals surface area contributed by atoms with E-state index in [1.54, 1.807) is 0 Å². The van der Waals surface area contributed by atoms with Crippen molar-refractivity contribution < 1.29 is 9.47 Å². The average Bonchev–Trinajstić information content (AvgIpc) is 2.97. The third-order valence-corrected chi connectivity index (χ3v) is 3.77. The maximum Gasteiger partial charge on any atom is 0.165 e. The second-order valence-corrected chi connectivity index (χ2v) is 5.17. The van der Waals surface area contributed by atoms with Gasteiger partial charge in [0.25, 0.3) is 0 Å². The zero-order valence-corrected chi connectivity index (χ0v) is 11.4. The summed E-state index contributed by atoms with van der Waals surface area (Å²) in [6, 6.07) is 6.11. The lowest BCUT2D eigenvalue weighted by atomic mass is 10.1. The number of hydrogen-bond donors (Lipinski definition) is 1. The molecule has 0 atom stereocenters. The van der Waals surface area contributed by atoms with Gasteiger partial charge in [0.15, 0.2) is 11.5 Å². The molecular weight excluding hydrogens is 240 g/mol. The predicted molar refractivity (Wildman–Crippen MR) is 74.8 cm³/mol. The smallest absolute Gasteiger partial charge is 0.165 e. The number of hydrogen-bond acceptors (Lipinski definition) is 4. The molecule has 0 bridgehead atoms. The monoisotopic (exact) mass is 262 g/mol. The van der Waals surface area contributed by atoms with Crippen LogP contribution in [0.5, 0.6) is 11.5 Å². The highest BCUT2D eigenvalue weighted by Crippen LogP contribution is 2.33. The summed E-state index contributed by atoms with van der Waals surface area (Å²) in [4.78, 5) is 2.52. The Kier molecular flexibility index (Phi) is 4.20. The fourth-order valence-corrected chi connectivity index (χ4v) is 2.74. The van der Waals surface area contributed by atoms with Crippen LogP contribution >= 0.6 is 0 Å². The molecule has 1 N–H and O–H groups in total. The molecule has 4 nitrogen and oxygen atoms in total. The van der Waals surface area contributed by atoms with Crippen molar-refractivity contribution in [3.63, 3.8) is 0 Å². The number of nitrogens with zero attached hydrogens (tertiary/aromatic N) is 1. The summed E-state index contributed by atoms with van der Waals surface area (Å²) in [5.74, 6) is 1.80. The Morgan fingerprint density at radius 1 is 1.11 bits per heavy atom. The molecule has 0 saturated carbocycles. The maximum absolute atomic E-state index is 5.71. The molecule has 1 fully saturated rings. The normalized spacial score (nSPS) is 18.7. The van der Waals surface area contributed by atoms with Gasteiger partial charge in [-0.3, -0.25) is 0 Å². The second-order valence-electron chi connectivity index (χ2n) is 5.17. The minimum atomic E-state index is 0.651. The molecule has 19 heavy (non-hydrogen) atoms. The van der Waals surface area contributed by atoms with Gasteiger partial charge in [-0.25, -0.2) is 0 Å². The van der Waals surface area contributed by atoms with Gasteiger partial charge >= 0.3 is 0 Å². The van der Waals surface area contributed by atoms with Crippen molar-refractivity contribution in [3.05, 3.63) is 23.8 Å². The summed E-state index contributed by atoms with van der Waals surface area (Å²) in [5, 5.41) is 3.50. The predicted octanol–water partition coefficient (Wildman–Crippen LogP) is 1.64. The summed E-state index contributed by atoms with van der Waals surface area (Å²) in [7, 11) is 0. The largest absolute Gasteiger partial charge is 0.486 e. The SMILES string of the molecule is c1cc(CNCCN2CCCC2)c2c(c1)OCCO2. The van der Waals surface area contributed by atoms with E-state index in [-0.39, 0.29) is 0 Å². The van der Waals surface area contributed by atoms with Gasteiger partial charge in [-0.15, -0.1) is 0 Å². The minimum absolute atomic E-state index is 0.651. The Hall–Kier alpha value is -1.26. The second kappa shape index (κ2) is 6.26. The molecule has 2 heterocycles. The fourth-order valence-electron chi connectivity index (χ4n) is 2.74. The quantitative estimate of drug-likeness (QED) is 0.818. The highest BCUT2D eigenvalue weighted by Gasteiger charge is 2.15. The molecule has 2 aliphatic heterocycles. The molecule has 104 valence electrons. The van der Waals surface area contributed by atoms with Crippen molar-refractivity contribution in [3.8, 4) is 11.5 Å². The molecule has 1 aromatic carbocycles. The molecule has 0 aliphatic carbocycles. The molecule has 3 rings (SSSR count). The average molecular weight is 262 g/mol. The lowest BCUT2D eigenvalue weighted by molar-refractivity contribution is 0.169. The van der Waals surface area contributed by atoms with Crippen LogP contribution in [0.1, 0.15) is 18.4 Å². The van der Waals surface area contributed by atoms with E-state index in [1.165, 1.54) is 31.5 Å². The van der Waals surface area contributed by atoms with Crippen molar-refractivity contribution >= 4 is 0 Å². The topological polar surface area (TPSA) is 33.7 Å². The molecule has 0 spiro atoms. The van der Waals surface area contributed by atoms with Gasteiger partial charge in [0, 0.05) is 25.2 Å². The number of rotatable bonds is 5. The van der Waals surface area contributed by atoms with Crippen molar-refractivity contribution in [2.75, 3.05) is 39.4 Å². The molecule has 1 aromatic rings. The first-order chi connectivity index (χ1) is 9.43. The number of para-hydroxylation sites is 1. The van der Waals surface area contributed by atoms with Crippen molar-refractivity contribution in [1.29, 1.82) is 0 Å². The number of likely N-dealkylation sites (tertiary alicyclic amines) is 1. The van der Waals surface area contributed by atoms with E-state index in [0.29, 0.717) is 13.2 Å². The van der Waals surface area contributed by atoms with Crippen LogP contribution in [0.3, 0.4) is 0 Å². The van der Waals surface area contributed by atoms with E-state index in [2.05, 4.69) is 16.3 Å². The van der Waals surface area contributed by atoms with Crippen LogP contribution < -0.4 is 14.8 Å². The Morgan fingerprint density at radius 2 is 1.95 bits per heavy atom. The first-order valence-electron chi connectivity index (χ1n) is 7.24. The van der Waals surface area contributed by atoms with E-state index in [9.17, 15) is 0 Å². The molecule has 2 aliphatic rings. The van der Waals surface area contributed by atoms with Gasteiger partial charge < -0.3 is 19.7 Å². The van der Waals surface area contributed by atoms with Crippen molar-refractivity contribution in [1.82, 2.24) is 10.2 Å². The van der Waals surface area contributed by atoms with Crippen molar-refractivity contribution in [2.24, 2.45) is 0 Å². The number of ether oxygens (including phenoxy) is 2. The highest BCUT2D eigenvalue weighted by molar-refractivity contribution is 5.47. The van der Waals surface area contributed by atoms with Gasteiger partial charge in [0.2, 0.25) is 0 Å². The fraction of sp³-hybridized carbons (Fsp3) is 0.600. The maximum atomic E-state index is 5.71. The van der Waals surface area contributed by atoms with E-state index >= 15 is 0 Å². The summed E-state index contributed by atoms with van der Waals surface area (Å²) in [6.45, 7) is 6.85. The van der Waals surface area contributed by atoms with E-state index in [0.717, 1.165) is 31.1 Å². The Morgan fingerprint density at radius 3 is 2.84 bits per heavy atom. The van der Waals surface area contributed by atoms with Crippen LogP contribution in [-0.2, 0) is 6.54 Å². The molecule has 1 saturated heterocycles. The van der Waals surface area contributed by atoms with Gasteiger partial charge in [0.1, 0.15) is 13.2 Å². The first-order valence-corrected chi connectivity index (χ1v) is 7.24. The summed E-state index contributed by atoms with van der Waals surface area (Å²) < 4.78 is 11.3. The van der Waals surface area contributed by atoms with E-state index < -0.39 is 0 Å². The van der Waals surface area contributed by atoms with Crippen LogP contribution in [0.4, 0.5) is 0 Å². The number of benzene rings is 1. The van der Waals surface area contributed by atoms with Gasteiger partial charge in [0.05, 0.1) is 0 Å². The van der Waals surface area contributed by atoms with Crippen LogP contribution in [0.2, 0.25) is 0 Å². The summed E-state index contributed by atoms with van der Waals surface area (Å²) in [6.07, 6.45) is 2.72. The highest BCUT2D eigenvalue weighted by atomic mass is 16.6. The molecular formula is C15H22N2O2. The molecule has 0 radical (unpaired) electrons. The summed E-state index contributed by atoms with van der Waals surface area (Å²) >= 11 is 0. The minimum Gasteiger partial charge on any atom is -0.486 e. The van der Waals surface area contributed by atoms with Crippen LogP contribution in [0, 0.1) is 0 Å². The first kappa shape index (κ1) is 12.8. The zero-order valence-electron chi connectivity index (χ0n) is 11.4. The van der Waals surface area contributed by atoms with Gasteiger partial charge in [-0.2, -0.15) is 0 Å². The Labute approximate surface area is 114 Å². The Bertz CT molecular complexity index is 417.